The SMILES string of the molecule is NC(Cc1c[nH]c2ccccc12)c1nc(C(=O)NCCc2ccc([N+](=O)[O-])cc2)co1. The van der Waals surface area contributed by atoms with Crippen molar-refractivity contribution in [2.75, 3.05) is 6.54 Å². The Kier molecular flexibility index (Phi) is 5.76. The van der Waals surface area contributed by atoms with Crippen LogP contribution >= 0.6 is 0 Å². The Hall–Kier alpha value is -3.98. The van der Waals surface area contributed by atoms with Crippen LogP contribution in [-0.4, -0.2) is 27.3 Å². The molecule has 9 nitrogen and oxygen atoms in total. The summed E-state index contributed by atoms with van der Waals surface area (Å²) in [6, 6.07) is 13.7. The molecule has 0 saturated heterocycles. The number of hydrogen-bond donors (Lipinski definition) is 3. The molecule has 31 heavy (non-hydrogen) atoms. The number of fused-ring (bicyclic) bond motifs is 1. The minimum atomic E-state index is -0.485. The number of nitrogens with zero attached hydrogens (tertiary/aromatic N) is 2. The minimum absolute atomic E-state index is 0.0342. The van der Waals surface area contributed by atoms with Crippen molar-refractivity contribution in [1.29, 1.82) is 0 Å². The fraction of sp³-hybridized carbons (Fsp3) is 0.182. The van der Waals surface area contributed by atoms with E-state index in [0.717, 1.165) is 22.0 Å². The van der Waals surface area contributed by atoms with Gasteiger partial charge in [0.25, 0.3) is 11.6 Å². The van der Waals surface area contributed by atoms with E-state index in [1.54, 1.807) is 12.1 Å². The molecule has 2 aromatic carbocycles. The number of non-ortho nitro benzene ring substituents is 1. The van der Waals surface area contributed by atoms with Gasteiger partial charge >= 0.3 is 0 Å². The first kappa shape index (κ1) is 20.3. The fourth-order valence-corrected chi connectivity index (χ4v) is 3.38. The highest BCUT2D eigenvalue weighted by molar-refractivity contribution is 5.91. The normalized spacial score (nSPS) is 12.0. The molecule has 0 aliphatic rings. The summed E-state index contributed by atoms with van der Waals surface area (Å²) in [5.74, 6) is -0.0676. The third kappa shape index (κ3) is 4.62. The number of hydrogen-bond acceptors (Lipinski definition) is 6. The van der Waals surface area contributed by atoms with E-state index < -0.39 is 11.0 Å². The highest BCUT2D eigenvalue weighted by Crippen LogP contribution is 2.23. The molecule has 4 rings (SSSR count). The number of rotatable bonds is 8. The lowest BCUT2D eigenvalue weighted by Gasteiger charge is -2.06. The molecule has 2 aromatic heterocycles. The number of nitro groups is 1. The molecule has 2 heterocycles. The van der Waals surface area contributed by atoms with Crippen molar-refractivity contribution in [3.05, 3.63) is 93.8 Å². The highest BCUT2D eigenvalue weighted by atomic mass is 16.6. The van der Waals surface area contributed by atoms with E-state index in [1.807, 2.05) is 30.5 Å². The number of carbonyl (C=O) groups is 1. The number of nitro benzene ring substituents is 1. The molecule has 1 atom stereocenters. The van der Waals surface area contributed by atoms with Crippen LogP contribution in [-0.2, 0) is 12.8 Å². The number of benzene rings is 2. The molecule has 0 saturated carbocycles. The summed E-state index contributed by atoms with van der Waals surface area (Å²) < 4.78 is 5.44. The van der Waals surface area contributed by atoms with Crippen LogP contribution in [0.3, 0.4) is 0 Å². The summed E-state index contributed by atoms with van der Waals surface area (Å²) in [7, 11) is 0. The standard InChI is InChI=1S/C22H21N5O4/c23-18(11-15-12-25-19-4-2-1-3-17(15)19)22-26-20(13-31-22)21(28)24-10-9-14-5-7-16(8-6-14)27(29)30/h1-8,12-13,18,25H,9-11,23H2,(H,24,28). The molecule has 0 aliphatic carbocycles. The van der Waals surface area contributed by atoms with Crippen LogP contribution < -0.4 is 11.1 Å². The molecular weight excluding hydrogens is 398 g/mol. The number of nitrogens with two attached hydrogens (primary N) is 1. The summed E-state index contributed by atoms with van der Waals surface area (Å²) >= 11 is 0. The van der Waals surface area contributed by atoms with Crippen molar-refractivity contribution in [2.45, 2.75) is 18.9 Å². The lowest BCUT2D eigenvalue weighted by Crippen LogP contribution is -2.26. The van der Waals surface area contributed by atoms with E-state index in [4.69, 9.17) is 10.2 Å². The molecule has 1 amide bonds. The van der Waals surface area contributed by atoms with Gasteiger partial charge < -0.3 is 20.5 Å². The number of para-hydroxylation sites is 1. The predicted octanol–water partition coefficient (Wildman–Crippen LogP) is 3.28. The second kappa shape index (κ2) is 8.80. The highest BCUT2D eigenvalue weighted by Gasteiger charge is 2.18. The number of nitrogens with one attached hydrogen (secondary N) is 2. The lowest BCUT2D eigenvalue weighted by atomic mass is 10.1. The van der Waals surface area contributed by atoms with Crippen molar-refractivity contribution in [1.82, 2.24) is 15.3 Å². The van der Waals surface area contributed by atoms with E-state index in [2.05, 4.69) is 15.3 Å². The quantitative estimate of drug-likeness (QED) is 0.296. The molecule has 0 spiro atoms. The maximum Gasteiger partial charge on any atom is 0.273 e. The molecule has 9 heteroatoms. The van der Waals surface area contributed by atoms with Gasteiger partial charge in [0, 0.05) is 35.8 Å². The van der Waals surface area contributed by atoms with E-state index in [9.17, 15) is 14.9 Å². The van der Waals surface area contributed by atoms with Gasteiger partial charge in [0.15, 0.2) is 5.69 Å². The van der Waals surface area contributed by atoms with Crippen LogP contribution in [0.25, 0.3) is 10.9 Å². The summed E-state index contributed by atoms with van der Waals surface area (Å²) in [6.07, 6.45) is 4.27. The van der Waals surface area contributed by atoms with E-state index >= 15 is 0 Å². The van der Waals surface area contributed by atoms with Crippen molar-refractivity contribution >= 4 is 22.5 Å². The number of oxazole rings is 1. The van der Waals surface area contributed by atoms with Crippen LogP contribution in [0.4, 0.5) is 5.69 Å². The molecule has 1 unspecified atom stereocenters. The third-order valence-electron chi connectivity index (χ3n) is 5.03. The van der Waals surface area contributed by atoms with Gasteiger partial charge in [-0.15, -0.1) is 0 Å². The van der Waals surface area contributed by atoms with Crippen LogP contribution in [0.1, 0.15) is 33.5 Å². The molecule has 4 aromatic rings. The van der Waals surface area contributed by atoms with Gasteiger partial charge in [-0.1, -0.05) is 30.3 Å². The zero-order chi connectivity index (χ0) is 21.8. The van der Waals surface area contributed by atoms with Crippen molar-refractivity contribution in [3.8, 4) is 0 Å². The van der Waals surface area contributed by atoms with Gasteiger partial charge in [0.2, 0.25) is 5.89 Å². The van der Waals surface area contributed by atoms with E-state index in [-0.39, 0.29) is 17.3 Å². The number of amides is 1. The molecular formula is C22H21N5O4. The second-order valence-electron chi connectivity index (χ2n) is 7.17. The average molecular weight is 419 g/mol. The second-order valence-corrected chi connectivity index (χ2v) is 7.17. The zero-order valence-electron chi connectivity index (χ0n) is 16.6. The molecule has 0 fully saturated rings. The van der Waals surface area contributed by atoms with Crippen LogP contribution in [0, 0.1) is 10.1 Å². The maximum atomic E-state index is 12.3. The Morgan fingerprint density at radius 3 is 2.77 bits per heavy atom. The largest absolute Gasteiger partial charge is 0.446 e. The topological polar surface area (TPSA) is 140 Å². The summed E-state index contributed by atoms with van der Waals surface area (Å²) in [6.45, 7) is 0.361. The smallest absolute Gasteiger partial charge is 0.273 e. The summed E-state index contributed by atoms with van der Waals surface area (Å²) in [5.41, 5.74) is 9.41. The maximum absolute atomic E-state index is 12.3. The molecule has 4 N–H and O–H groups in total. The van der Waals surface area contributed by atoms with Crippen LogP contribution in [0.15, 0.2) is 65.4 Å². The van der Waals surface area contributed by atoms with Crippen molar-refractivity contribution in [2.24, 2.45) is 5.73 Å². The van der Waals surface area contributed by atoms with E-state index in [1.165, 1.54) is 18.4 Å². The molecule has 0 aliphatic heterocycles. The first-order valence-electron chi connectivity index (χ1n) is 9.79. The Bertz CT molecular complexity index is 1210. The Morgan fingerprint density at radius 1 is 1.23 bits per heavy atom. The number of H-pyrrole nitrogens is 1. The first-order chi connectivity index (χ1) is 15.0. The van der Waals surface area contributed by atoms with Crippen molar-refractivity contribution < 1.29 is 14.1 Å². The zero-order valence-corrected chi connectivity index (χ0v) is 16.6. The van der Waals surface area contributed by atoms with E-state index in [0.29, 0.717) is 25.3 Å². The monoisotopic (exact) mass is 419 g/mol. The summed E-state index contributed by atoms with van der Waals surface area (Å²) in [4.78, 5) is 30.0. The number of aromatic amines is 1. The minimum Gasteiger partial charge on any atom is -0.446 e. The Balaban J connectivity index is 1.32. The van der Waals surface area contributed by atoms with Crippen LogP contribution in [0.5, 0.6) is 0 Å². The summed E-state index contributed by atoms with van der Waals surface area (Å²) in [5, 5.41) is 14.5. The third-order valence-corrected chi connectivity index (χ3v) is 5.03. The molecule has 0 bridgehead atoms. The Morgan fingerprint density at radius 2 is 2.00 bits per heavy atom. The fourth-order valence-electron chi connectivity index (χ4n) is 3.38. The Labute approximate surface area is 177 Å². The predicted molar refractivity (Wildman–Crippen MR) is 115 cm³/mol. The van der Waals surface area contributed by atoms with Crippen LogP contribution in [0.2, 0.25) is 0 Å². The number of aromatic nitrogens is 2. The van der Waals surface area contributed by atoms with Gasteiger partial charge in [-0.2, -0.15) is 0 Å². The van der Waals surface area contributed by atoms with Gasteiger partial charge in [0.1, 0.15) is 6.26 Å². The molecule has 158 valence electrons. The van der Waals surface area contributed by atoms with Gasteiger partial charge in [0.05, 0.1) is 11.0 Å². The first-order valence-corrected chi connectivity index (χ1v) is 9.79. The van der Waals surface area contributed by atoms with Gasteiger partial charge in [-0.25, -0.2) is 4.98 Å². The lowest BCUT2D eigenvalue weighted by molar-refractivity contribution is -0.384. The van der Waals surface area contributed by atoms with Crippen molar-refractivity contribution in [3.63, 3.8) is 0 Å². The van der Waals surface area contributed by atoms with Gasteiger partial charge in [-0.05, 0) is 30.0 Å². The molecule has 0 radical (unpaired) electrons. The van der Waals surface area contributed by atoms with Gasteiger partial charge in [-0.3, -0.25) is 14.9 Å². The average Bonchev–Trinajstić information content (AvgIpc) is 3.42. The number of carbonyl (C=O) groups excluding carboxylic acids is 1.